The molecule has 9 heteroatoms. The van der Waals surface area contributed by atoms with E-state index in [9.17, 15) is 0 Å². The van der Waals surface area contributed by atoms with Gasteiger partial charge in [-0.25, -0.2) is 0 Å². The first kappa shape index (κ1) is 27.0. The van der Waals surface area contributed by atoms with Gasteiger partial charge in [-0.3, -0.25) is 6.26 Å². The molecule has 0 saturated heterocycles. The Balaban J connectivity index is -0.000000249. The van der Waals surface area contributed by atoms with E-state index in [1.807, 2.05) is 32.1 Å². The molecule has 0 unspecified atom stereocenters. The van der Waals surface area contributed by atoms with Crippen LogP contribution in [0.1, 0.15) is 0 Å². The quantitative estimate of drug-likeness (QED) is 0.308. The Bertz CT molecular complexity index is 352. The van der Waals surface area contributed by atoms with Gasteiger partial charge in [0.2, 0.25) is 0 Å². The Hall–Kier alpha value is 0.106. The van der Waals surface area contributed by atoms with Crippen molar-refractivity contribution in [2.24, 2.45) is 0 Å². The average molecular weight is 402 g/mol. The summed E-state index contributed by atoms with van der Waals surface area (Å²) in [6.07, 6.45) is 13.3. The van der Waals surface area contributed by atoms with Crippen LogP contribution in [0.2, 0.25) is 0 Å². The van der Waals surface area contributed by atoms with Crippen LogP contribution in [-0.4, -0.2) is 21.3 Å². The molecule has 22 heavy (non-hydrogen) atoms. The van der Waals surface area contributed by atoms with Crippen molar-refractivity contribution in [3.63, 3.8) is 0 Å². The summed E-state index contributed by atoms with van der Waals surface area (Å²) in [5.74, 6) is 0. The third-order valence-electron chi connectivity index (χ3n) is 1.56. The molecular weight excluding hydrogens is 386 g/mol. The number of nitriles is 2. The van der Waals surface area contributed by atoms with Crippen molar-refractivity contribution in [2.75, 3.05) is 21.3 Å². The molecule has 0 aromatic rings. The molecule has 0 aliphatic heterocycles. The summed E-state index contributed by atoms with van der Waals surface area (Å²) >= 11 is 5.44. The maximum Gasteiger partial charge on any atom is 2.00 e. The predicted octanol–water partition coefficient (Wildman–Crippen LogP) is 3.49. The third kappa shape index (κ3) is 16.5. The molecule has 1 aliphatic rings. The van der Waals surface area contributed by atoms with Crippen molar-refractivity contribution in [1.29, 1.82) is 10.5 Å². The van der Waals surface area contributed by atoms with Crippen LogP contribution in [0.4, 0.5) is 0 Å². The molecule has 122 valence electrons. The van der Waals surface area contributed by atoms with E-state index in [0.29, 0.717) is 0 Å². The number of allylic oxidation sites excluding steroid dienone is 2. The van der Waals surface area contributed by atoms with Crippen molar-refractivity contribution in [3.05, 3.63) is 48.2 Å². The molecule has 1 fully saturated rings. The number of hydrogen-bond acceptors (Lipinski definition) is 7. The fourth-order valence-electron chi connectivity index (χ4n) is 0.744. The normalized spacial score (nSPS) is 13.2. The first-order chi connectivity index (χ1) is 10.1. The summed E-state index contributed by atoms with van der Waals surface area (Å²) < 4.78 is 14.0. The fraction of sp³-hybridized carbons (Fsp3) is 0.231. The van der Waals surface area contributed by atoms with E-state index >= 15 is 0 Å². The molecule has 0 heterocycles. The second kappa shape index (κ2) is 21.1. The monoisotopic (exact) mass is 402 g/mol. The maximum absolute atomic E-state index is 8.24. The summed E-state index contributed by atoms with van der Waals surface area (Å²) in [4.78, 5) is 0.213. The summed E-state index contributed by atoms with van der Waals surface area (Å²) in [5.41, 5.74) is 0. The van der Waals surface area contributed by atoms with Crippen molar-refractivity contribution in [2.45, 2.75) is 0 Å². The largest absolute Gasteiger partial charge is 2.00 e. The zero-order valence-corrected chi connectivity index (χ0v) is 15.9. The van der Waals surface area contributed by atoms with Crippen molar-refractivity contribution in [3.8, 4) is 12.1 Å². The van der Waals surface area contributed by atoms with E-state index in [4.69, 9.17) is 10.5 Å². The molecule has 0 atom stereocenters. The molecule has 0 N–H and O–H groups in total. The van der Waals surface area contributed by atoms with Crippen molar-refractivity contribution < 1.29 is 30.4 Å². The Morgan fingerprint density at radius 2 is 1.36 bits per heavy atom. The van der Waals surface area contributed by atoms with Gasteiger partial charge in [0.15, 0.2) is 0 Å². The molecule has 0 amide bonds. The number of rotatable bonds is 4. The van der Waals surface area contributed by atoms with Crippen LogP contribution in [0.5, 0.6) is 0 Å². The van der Waals surface area contributed by atoms with E-state index in [2.05, 4.69) is 32.5 Å². The van der Waals surface area contributed by atoms with Gasteiger partial charge in [0.1, 0.15) is 6.07 Å². The Kier molecular flexibility index (Phi) is 25.9. The third-order valence-corrected chi connectivity index (χ3v) is 3.46. The molecule has 1 rings (SSSR count). The molecule has 1 saturated carbocycles. The van der Waals surface area contributed by atoms with Gasteiger partial charge in [0.05, 0.1) is 6.07 Å². The van der Waals surface area contributed by atoms with E-state index < -0.39 is 8.60 Å². The van der Waals surface area contributed by atoms with Gasteiger partial charge < -0.3 is 38.0 Å². The average Bonchev–Trinajstić information content (AvgIpc) is 3.10. The molecule has 5 nitrogen and oxygen atoms in total. The van der Waals surface area contributed by atoms with Crippen LogP contribution >= 0.6 is 20.4 Å². The fourth-order valence-corrected chi connectivity index (χ4v) is 1.65. The second-order valence-corrected chi connectivity index (χ2v) is 5.41. The minimum atomic E-state index is -1.05. The van der Waals surface area contributed by atoms with Crippen LogP contribution in [0.25, 0.3) is 0 Å². The summed E-state index contributed by atoms with van der Waals surface area (Å²) in [6.45, 7) is 0. The van der Waals surface area contributed by atoms with E-state index in [1.54, 1.807) is 33.5 Å². The minimum Gasteiger partial charge on any atom is -0.767 e. The van der Waals surface area contributed by atoms with Gasteiger partial charge in [0.25, 0.3) is 0 Å². The Morgan fingerprint density at radius 1 is 1.00 bits per heavy atom. The molecule has 0 aromatic heterocycles. The SMILES string of the molecule is COP(OC)OC.[CH2-]SC(C#N)=C([S-])C#N.[CH]1[CH][CH][CH][CH]1.[Co+2]. The van der Waals surface area contributed by atoms with E-state index in [1.165, 1.54) is 0 Å². The van der Waals surface area contributed by atoms with Gasteiger partial charge in [-0.2, -0.15) is 10.5 Å². The molecule has 6 radical (unpaired) electrons. The van der Waals surface area contributed by atoms with Gasteiger partial charge in [-0.15, -0.1) is 0 Å². The standard InChI is InChI=1S/C5H3N2S2.C5H5.C3H9O3P.Co/c1-9-5(3-7)4(8)2-6;1-2-4-5-3-1;1-4-7(5-2)6-3;/h8H,1H2;1-5H;1-3H3;/q-1;;;+2/p-1. The summed E-state index contributed by atoms with van der Waals surface area (Å²) in [5, 5.41) is 16.4. The Morgan fingerprint density at radius 3 is 1.45 bits per heavy atom. The molecular formula is C13H16CoN2O3PS2. The topological polar surface area (TPSA) is 75.3 Å². The van der Waals surface area contributed by atoms with Crippen LogP contribution in [0.3, 0.4) is 0 Å². The van der Waals surface area contributed by atoms with Crippen molar-refractivity contribution in [1.82, 2.24) is 0 Å². The van der Waals surface area contributed by atoms with Crippen molar-refractivity contribution >= 4 is 33.0 Å². The van der Waals surface area contributed by atoms with Crippen LogP contribution in [0, 0.1) is 61.0 Å². The molecule has 0 spiro atoms. The zero-order valence-electron chi connectivity index (χ0n) is 12.3. The number of hydrogen-bond donors (Lipinski definition) is 0. The minimum absolute atomic E-state index is 0. The van der Waals surface area contributed by atoms with Gasteiger partial charge in [-0.05, 0) is 32.1 Å². The summed E-state index contributed by atoms with van der Waals surface area (Å²) in [7, 11) is 3.57. The summed E-state index contributed by atoms with van der Waals surface area (Å²) in [6, 6.07) is 3.43. The van der Waals surface area contributed by atoms with E-state index in [0.717, 1.165) is 11.8 Å². The molecule has 0 bridgehead atoms. The first-order valence-corrected chi connectivity index (χ1v) is 7.82. The van der Waals surface area contributed by atoms with Crippen LogP contribution < -0.4 is 0 Å². The zero-order chi connectivity index (χ0) is 16.5. The van der Waals surface area contributed by atoms with Crippen LogP contribution in [-0.2, 0) is 43.0 Å². The Labute approximate surface area is 155 Å². The predicted molar refractivity (Wildman–Crippen MR) is 88.0 cm³/mol. The first-order valence-electron chi connectivity index (χ1n) is 5.33. The van der Waals surface area contributed by atoms with Crippen LogP contribution in [0.15, 0.2) is 9.81 Å². The number of thioether (sulfide) groups is 1. The van der Waals surface area contributed by atoms with Gasteiger partial charge >= 0.3 is 25.4 Å². The second-order valence-electron chi connectivity index (χ2n) is 2.76. The molecule has 0 aromatic carbocycles. The molecule has 1 aliphatic carbocycles. The smallest absolute Gasteiger partial charge is 0.767 e. The van der Waals surface area contributed by atoms with E-state index in [-0.39, 0.29) is 26.6 Å². The van der Waals surface area contributed by atoms with Gasteiger partial charge in [0, 0.05) is 26.2 Å². The number of nitrogens with zero attached hydrogens (tertiary/aromatic N) is 2. The van der Waals surface area contributed by atoms with Gasteiger partial charge in [-0.1, -0.05) is 4.91 Å². The maximum atomic E-state index is 8.24.